The van der Waals surface area contributed by atoms with Gasteiger partial charge in [-0.15, -0.1) is 11.8 Å². The molecule has 0 aliphatic rings. The number of amides is 1. The molecule has 1 amide bonds. The van der Waals surface area contributed by atoms with Crippen molar-refractivity contribution in [2.75, 3.05) is 11.1 Å². The van der Waals surface area contributed by atoms with E-state index in [1.54, 1.807) is 30.3 Å². The van der Waals surface area contributed by atoms with Crippen LogP contribution in [0.5, 0.6) is 0 Å². The number of nitro benzene ring substituents is 1. The number of halogens is 2. The van der Waals surface area contributed by atoms with Crippen LogP contribution in [0.2, 0.25) is 10.0 Å². The summed E-state index contributed by atoms with van der Waals surface area (Å²) in [6.45, 7) is 1.89. The average molecular weight is 385 g/mol. The lowest BCUT2D eigenvalue weighted by atomic mass is 10.1. The third-order valence-corrected chi connectivity index (χ3v) is 4.98. The summed E-state index contributed by atoms with van der Waals surface area (Å²) in [5, 5.41) is 14.3. The van der Waals surface area contributed by atoms with Gasteiger partial charge in [0, 0.05) is 22.4 Å². The summed E-state index contributed by atoms with van der Waals surface area (Å²) in [6, 6.07) is 11.2. The van der Waals surface area contributed by atoms with Gasteiger partial charge in [-0.1, -0.05) is 35.3 Å². The Morgan fingerprint density at radius 1 is 1.29 bits per heavy atom. The zero-order valence-electron chi connectivity index (χ0n) is 12.7. The van der Waals surface area contributed by atoms with Gasteiger partial charge in [-0.05, 0) is 30.7 Å². The fraction of sp³-hybridized carbons (Fsp3) is 0.188. The van der Waals surface area contributed by atoms with Crippen molar-refractivity contribution in [2.24, 2.45) is 0 Å². The van der Waals surface area contributed by atoms with Gasteiger partial charge in [-0.2, -0.15) is 0 Å². The van der Waals surface area contributed by atoms with Gasteiger partial charge in [-0.25, -0.2) is 0 Å². The molecule has 126 valence electrons. The van der Waals surface area contributed by atoms with E-state index >= 15 is 0 Å². The molecule has 1 N–H and O–H groups in total. The Hall–Kier alpha value is -1.76. The molecule has 0 spiro atoms. The van der Waals surface area contributed by atoms with E-state index in [4.69, 9.17) is 23.2 Å². The molecule has 0 fully saturated rings. The van der Waals surface area contributed by atoms with Crippen molar-refractivity contribution in [3.8, 4) is 0 Å². The highest BCUT2D eigenvalue weighted by Gasteiger charge is 2.14. The summed E-state index contributed by atoms with van der Waals surface area (Å²) in [5.41, 5.74) is 1.29. The number of anilines is 1. The highest BCUT2D eigenvalue weighted by Crippen LogP contribution is 2.31. The number of hydrogen-bond donors (Lipinski definition) is 1. The number of carbonyl (C=O) groups excluding carboxylic acids is 1. The van der Waals surface area contributed by atoms with Crippen LogP contribution in [-0.4, -0.2) is 16.6 Å². The smallest absolute Gasteiger partial charge is 0.269 e. The van der Waals surface area contributed by atoms with E-state index in [0.29, 0.717) is 15.7 Å². The normalized spacial score (nSPS) is 11.8. The third kappa shape index (κ3) is 5.12. The lowest BCUT2D eigenvalue weighted by Gasteiger charge is -2.12. The molecule has 2 rings (SSSR count). The Morgan fingerprint density at radius 2 is 2.04 bits per heavy atom. The summed E-state index contributed by atoms with van der Waals surface area (Å²) in [6.07, 6.45) is 0. The molecule has 0 aliphatic heterocycles. The molecule has 5 nitrogen and oxygen atoms in total. The molecular formula is C16H14Cl2N2O3S. The van der Waals surface area contributed by atoms with E-state index < -0.39 is 4.92 Å². The first-order chi connectivity index (χ1) is 11.4. The molecule has 0 bridgehead atoms. The summed E-state index contributed by atoms with van der Waals surface area (Å²) >= 11 is 13.3. The standard InChI is InChI=1S/C16H14Cl2N2O3S/c1-10(11-3-2-4-13(7-11)20(22)23)24-9-16(21)19-15-8-12(17)5-6-14(15)18/h2-8,10H,9H2,1H3,(H,19,21)/t10-/m1/s1. The first-order valence-corrected chi connectivity index (χ1v) is 8.78. The van der Waals surface area contributed by atoms with Crippen molar-refractivity contribution in [3.05, 3.63) is 68.2 Å². The molecule has 1 atom stereocenters. The van der Waals surface area contributed by atoms with Crippen LogP contribution in [-0.2, 0) is 4.79 Å². The second kappa shape index (κ2) is 8.37. The average Bonchev–Trinajstić information content (AvgIpc) is 2.56. The fourth-order valence-corrected chi connectivity index (χ4v) is 3.12. The number of rotatable bonds is 6. The quantitative estimate of drug-likeness (QED) is 0.539. The van der Waals surface area contributed by atoms with E-state index in [1.165, 1.54) is 23.9 Å². The number of thioether (sulfide) groups is 1. The SMILES string of the molecule is C[C@@H](SCC(=O)Nc1cc(Cl)ccc1Cl)c1cccc([N+](=O)[O-])c1. The molecule has 0 aliphatic carbocycles. The Kier molecular flexibility index (Phi) is 6.48. The largest absolute Gasteiger partial charge is 0.324 e. The van der Waals surface area contributed by atoms with Gasteiger partial charge in [0.15, 0.2) is 0 Å². The van der Waals surface area contributed by atoms with Crippen molar-refractivity contribution in [3.63, 3.8) is 0 Å². The van der Waals surface area contributed by atoms with Gasteiger partial charge in [0.1, 0.15) is 0 Å². The van der Waals surface area contributed by atoms with Crippen LogP contribution < -0.4 is 5.32 Å². The zero-order valence-corrected chi connectivity index (χ0v) is 15.0. The van der Waals surface area contributed by atoms with Crippen molar-refractivity contribution >= 4 is 52.2 Å². The van der Waals surface area contributed by atoms with E-state index in [2.05, 4.69) is 5.32 Å². The van der Waals surface area contributed by atoms with Crippen LogP contribution in [0.4, 0.5) is 11.4 Å². The second-order valence-electron chi connectivity index (χ2n) is 4.98. The molecule has 0 saturated heterocycles. The number of benzene rings is 2. The third-order valence-electron chi connectivity index (χ3n) is 3.22. The second-order valence-corrected chi connectivity index (χ2v) is 7.15. The van der Waals surface area contributed by atoms with E-state index in [-0.39, 0.29) is 22.6 Å². The van der Waals surface area contributed by atoms with E-state index in [1.807, 2.05) is 6.92 Å². The van der Waals surface area contributed by atoms with Crippen LogP contribution in [0.1, 0.15) is 17.7 Å². The number of nitro groups is 1. The van der Waals surface area contributed by atoms with Crippen molar-refractivity contribution in [2.45, 2.75) is 12.2 Å². The van der Waals surface area contributed by atoms with Gasteiger partial charge in [0.05, 0.1) is 21.4 Å². The maximum absolute atomic E-state index is 12.0. The predicted octanol–water partition coefficient (Wildman–Crippen LogP) is 5.33. The molecule has 0 aromatic heterocycles. The Labute approximate surface area is 153 Å². The molecular weight excluding hydrogens is 371 g/mol. The molecule has 0 heterocycles. The monoisotopic (exact) mass is 384 g/mol. The number of nitrogens with zero attached hydrogens (tertiary/aromatic N) is 1. The van der Waals surface area contributed by atoms with E-state index in [9.17, 15) is 14.9 Å². The van der Waals surface area contributed by atoms with Crippen LogP contribution in [0.15, 0.2) is 42.5 Å². The first kappa shape index (κ1) is 18.6. The number of nitrogens with one attached hydrogen (secondary N) is 1. The molecule has 0 radical (unpaired) electrons. The molecule has 24 heavy (non-hydrogen) atoms. The van der Waals surface area contributed by atoms with E-state index in [0.717, 1.165) is 5.56 Å². The number of carbonyl (C=O) groups is 1. The zero-order chi connectivity index (χ0) is 17.7. The fourth-order valence-electron chi connectivity index (χ4n) is 1.97. The molecule has 0 unspecified atom stereocenters. The highest BCUT2D eigenvalue weighted by atomic mass is 35.5. The van der Waals surface area contributed by atoms with Gasteiger partial charge in [0.25, 0.3) is 5.69 Å². The van der Waals surface area contributed by atoms with Crippen molar-refractivity contribution < 1.29 is 9.72 Å². The molecule has 8 heteroatoms. The number of hydrogen-bond acceptors (Lipinski definition) is 4. The predicted molar refractivity (Wildman–Crippen MR) is 99.1 cm³/mol. The summed E-state index contributed by atoms with van der Waals surface area (Å²) in [4.78, 5) is 22.4. The van der Waals surface area contributed by atoms with Gasteiger partial charge in [0.2, 0.25) is 5.91 Å². The Bertz CT molecular complexity index is 771. The topological polar surface area (TPSA) is 72.2 Å². The van der Waals surface area contributed by atoms with Crippen LogP contribution in [0, 0.1) is 10.1 Å². The lowest BCUT2D eigenvalue weighted by Crippen LogP contribution is -2.15. The minimum atomic E-state index is -0.436. The van der Waals surface area contributed by atoms with Crippen molar-refractivity contribution in [1.82, 2.24) is 0 Å². The minimum Gasteiger partial charge on any atom is -0.324 e. The van der Waals surface area contributed by atoms with Crippen LogP contribution in [0.25, 0.3) is 0 Å². The highest BCUT2D eigenvalue weighted by molar-refractivity contribution is 8.00. The minimum absolute atomic E-state index is 0.0371. The van der Waals surface area contributed by atoms with Crippen LogP contribution >= 0.6 is 35.0 Å². The van der Waals surface area contributed by atoms with Crippen molar-refractivity contribution in [1.29, 1.82) is 0 Å². The Balaban J connectivity index is 1.95. The first-order valence-electron chi connectivity index (χ1n) is 6.97. The maximum atomic E-state index is 12.0. The lowest BCUT2D eigenvalue weighted by molar-refractivity contribution is -0.384. The van der Waals surface area contributed by atoms with Gasteiger partial charge in [-0.3, -0.25) is 14.9 Å². The van der Waals surface area contributed by atoms with Gasteiger partial charge < -0.3 is 5.32 Å². The molecule has 0 saturated carbocycles. The molecule has 2 aromatic rings. The summed E-state index contributed by atoms with van der Waals surface area (Å²) < 4.78 is 0. The van der Waals surface area contributed by atoms with Gasteiger partial charge >= 0.3 is 0 Å². The summed E-state index contributed by atoms with van der Waals surface area (Å²) in [5.74, 6) is -0.0337. The number of non-ortho nitro benzene ring substituents is 1. The molecule has 2 aromatic carbocycles. The summed E-state index contributed by atoms with van der Waals surface area (Å²) in [7, 11) is 0. The maximum Gasteiger partial charge on any atom is 0.269 e. The Morgan fingerprint density at radius 3 is 2.75 bits per heavy atom. The van der Waals surface area contributed by atoms with Crippen LogP contribution in [0.3, 0.4) is 0 Å².